The van der Waals surface area contributed by atoms with Crippen molar-refractivity contribution in [2.45, 2.75) is 18.3 Å². The fraction of sp³-hybridized carbons (Fsp3) is 0.364. The Morgan fingerprint density at radius 1 is 1.53 bits per heavy atom. The van der Waals surface area contributed by atoms with E-state index in [1.807, 2.05) is 12.1 Å². The fourth-order valence-electron chi connectivity index (χ4n) is 1.64. The number of halogens is 2. The summed E-state index contributed by atoms with van der Waals surface area (Å²) in [7, 11) is 1.60. The van der Waals surface area contributed by atoms with Crippen molar-refractivity contribution in [2.75, 3.05) is 7.11 Å². The predicted molar refractivity (Wildman–Crippen MR) is 62.2 cm³/mol. The second-order valence-corrected chi connectivity index (χ2v) is 4.92. The van der Waals surface area contributed by atoms with E-state index in [1.165, 1.54) is 0 Å². The van der Waals surface area contributed by atoms with Crippen LogP contribution in [0, 0.1) is 11.3 Å². The summed E-state index contributed by atoms with van der Waals surface area (Å²) in [5.74, 6) is 0.727. The SMILES string of the molecule is COc1cc(Br)c(Cl)cc1C1(C#N)CC1. The zero-order chi connectivity index (χ0) is 11.1. The maximum atomic E-state index is 9.13. The van der Waals surface area contributed by atoms with Crippen molar-refractivity contribution in [3.8, 4) is 11.8 Å². The van der Waals surface area contributed by atoms with Gasteiger partial charge < -0.3 is 4.74 Å². The average molecular weight is 287 g/mol. The molecule has 0 atom stereocenters. The Kier molecular flexibility index (Phi) is 2.66. The lowest BCUT2D eigenvalue weighted by Crippen LogP contribution is -2.05. The molecule has 1 aliphatic carbocycles. The summed E-state index contributed by atoms with van der Waals surface area (Å²) < 4.78 is 6.06. The van der Waals surface area contributed by atoms with Crippen molar-refractivity contribution in [2.24, 2.45) is 0 Å². The molecule has 0 spiro atoms. The average Bonchev–Trinajstić information content (AvgIpc) is 3.02. The maximum absolute atomic E-state index is 9.13. The highest BCUT2D eigenvalue weighted by Gasteiger charge is 2.47. The van der Waals surface area contributed by atoms with E-state index in [4.69, 9.17) is 21.6 Å². The third kappa shape index (κ3) is 1.73. The lowest BCUT2D eigenvalue weighted by Gasteiger charge is -2.13. The molecule has 0 bridgehead atoms. The minimum atomic E-state index is -0.365. The minimum absolute atomic E-state index is 0.365. The number of nitrogens with zero attached hydrogens (tertiary/aromatic N) is 1. The van der Waals surface area contributed by atoms with Crippen molar-refractivity contribution < 1.29 is 4.74 Å². The fourth-order valence-corrected chi connectivity index (χ4v) is 2.12. The van der Waals surface area contributed by atoms with E-state index in [1.54, 1.807) is 7.11 Å². The molecule has 0 heterocycles. The Labute approximate surface area is 102 Å². The van der Waals surface area contributed by atoms with Crippen molar-refractivity contribution in [3.05, 3.63) is 27.2 Å². The van der Waals surface area contributed by atoms with Crippen molar-refractivity contribution in [3.63, 3.8) is 0 Å². The van der Waals surface area contributed by atoms with Gasteiger partial charge in [-0.05, 0) is 40.9 Å². The number of hydrogen-bond acceptors (Lipinski definition) is 2. The Balaban J connectivity index is 2.56. The second-order valence-electron chi connectivity index (χ2n) is 3.66. The van der Waals surface area contributed by atoms with Gasteiger partial charge in [0.2, 0.25) is 0 Å². The number of hydrogen-bond donors (Lipinski definition) is 0. The third-order valence-corrected chi connectivity index (χ3v) is 3.92. The van der Waals surface area contributed by atoms with E-state index < -0.39 is 0 Å². The number of methoxy groups -OCH3 is 1. The summed E-state index contributed by atoms with van der Waals surface area (Å²) in [5.41, 5.74) is 0.538. The molecule has 1 fully saturated rings. The van der Waals surface area contributed by atoms with Crippen LogP contribution in [0.3, 0.4) is 0 Å². The van der Waals surface area contributed by atoms with Crippen LogP contribution in [0.4, 0.5) is 0 Å². The van der Waals surface area contributed by atoms with Crippen molar-refractivity contribution in [1.82, 2.24) is 0 Å². The first-order valence-corrected chi connectivity index (χ1v) is 5.75. The summed E-state index contributed by atoms with van der Waals surface area (Å²) in [6, 6.07) is 5.97. The van der Waals surface area contributed by atoms with Gasteiger partial charge in [-0.15, -0.1) is 0 Å². The van der Waals surface area contributed by atoms with Gasteiger partial charge in [0.05, 0.1) is 23.6 Å². The second kappa shape index (κ2) is 3.70. The van der Waals surface area contributed by atoms with E-state index in [0.29, 0.717) is 5.02 Å². The van der Waals surface area contributed by atoms with Crippen LogP contribution in [0.2, 0.25) is 5.02 Å². The lowest BCUT2D eigenvalue weighted by atomic mass is 9.97. The molecule has 1 aromatic rings. The van der Waals surface area contributed by atoms with Crippen LogP contribution >= 0.6 is 27.5 Å². The Morgan fingerprint density at radius 2 is 2.20 bits per heavy atom. The molecule has 0 N–H and O–H groups in total. The molecule has 0 aliphatic heterocycles. The first kappa shape index (κ1) is 10.8. The molecular formula is C11H9BrClNO. The zero-order valence-electron chi connectivity index (χ0n) is 8.18. The van der Waals surface area contributed by atoms with E-state index in [-0.39, 0.29) is 5.41 Å². The first-order valence-electron chi connectivity index (χ1n) is 4.58. The highest BCUT2D eigenvalue weighted by atomic mass is 79.9. The van der Waals surface area contributed by atoms with Crippen molar-refractivity contribution >= 4 is 27.5 Å². The summed E-state index contributed by atoms with van der Waals surface area (Å²) in [4.78, 5) is 0. The van der Waals surface area contributed by atoms with Crippen LogP contribution in [0.1, 0.15) is 18.4 Å². The van der Waals surface area contributed by atoms with E-state index in [9.17, 15) is 0 Å². The molecule has 0 radical (unpaired) electrons. The van der Waals surface area contributed by atoms with Gasteiger partial charge >= 0.3 is 0 Å². The molecule has 0 saturated heterocycles. The number of benzene rings is 1. The molecule has 78 valence electrons. The maximum Gasteiger partial charge on any atom is 0.124 e. The minimum Gasteiger partial charge on any atom is -0.496 e. The van der Waals surface area contributed by atoms with Gasteiger partial charge in [0.1, 0.15) is 5.75 Å². The van der Waals surface area contributed by atoms with E-state index >= 15 is 0 Å². The monoisotopic (exact) mass is 285 g/mol. The molecule has 0 aromatic heterocycles. The Morgan fingerprint density at radius 3 is 2.67 bits per heavy atom. The number of ether oxygens (including phenoxy) is 1. The van der Waals surface area contributed by atoms with Crippen LogP contribution in [0.25, 0.3) is 0 Å². The van der Waals surface area contributed by atoms with Gasteiger partial charge in [-0.1, -0.05) is 11.6 Å². The topological polar surface area (TPSA) is 33.0 Å². The normalized spacial score (nSPS) is 16.9. The van der Waals surface area contributed by atoms with Crippen LogP contribution in [-0.4, -0.2) is 7.11 Å². The molecule has 1 aliphatic rings. The zero-order valence-corrected chi connectivity index (χ0v) is 10.5. The Hall–Kier alpha value is -0.720. The summed E-state index contributed by atoms with van der Waals surface area (Å²) in [6.07, 6.45) is 1.77. The molecular weight excluding hydrogens is 277 g/mol. The first-order chi connectivity index (χ1) is 7.13. The highest BCUT2D eigenvalue weighted by molar-refractivity contribution is 9.10. The largest absolute Gasteiger partial charge is 0.496 e. The van der Waals surface area contributed by atoms with Crippen LogP contribution in [0.15, 0.2) is 16.6 Å². The summed E-state index contributed by atoms with van der Waals surface area (Å²) in [6.45, 7) is 0. The quantitative estimate of drug-likeness (QED) is 0.831. The van der Waals surface area contributed by atoms with Gasteiger partial charge in [-0.2, -0.15) is 5.26 Å². The molecule has 1 aromatic carbocycles. The van der Waals surface area contributed by atoms with Gasteiger partial charge in [0.15, 0.2) is 0 Å². The molecule has 0 amide bonds. The standard InChI is InChI=1S/C11H9BrClNO/c1-15-10-5-8(12)9(13)4-7(10)11(6-14)2-3-11/h4-5H,2-3H2,1H3. The number of nitriles is 1. The molecule has 15 heavy (non-hydrogen) atoms. The van der Waals surface area contributed by atoms with Crippen molar-refractivity contribution in [1.29, 1.82) is 5.26 Å². The van der Waals surface area contributed by atoms with Crippen LogP contribution < -0.4 is 4.74 Å². The van der Waals surface area contributed by atoms with Gasteiger partial charge in [-0.25, -0.2) is 0 Å². The van der Waals surface area contributed by atoms with Gasteiger partial charge in [0.25, 0.3) is 0 Å². The van der Waals surface area contributed by atoms with E-state index in [0.717, 1.165) is 28.6 Å². The Bertz CT molecular complexity index is 449. The predicted octanol–water partition coefficient (Wildman–Crippen LogP) is 3.67. The molecule has 0 unspecified atom stereocenters. The van der Waals surface area contributed by atoms with Crippen LogP contribution in [0.5, 0.6) is 5.75 Å². The summed E-state index contributed by atoms with van der Waals surface area (Å²) >= 11 is 9.36. The molecule has 1 saturated carbocycles. The van der Waals surface area contributed by atoms with Gasteiger partial charge in [0, 0.05) is 10.0 Å². The number of rotatable bonds is 2. The lowest BCUT2D eigenvalue weighted by molar-refractivity contribution is 0.407. The third-order valence-electron chi connectivity index (χ3n) is 2.72. The smallest absolute Gasteiger partial charge is 0.124 e. The summed E-state index contributed by atoms with van der Waals surface area (Å²) in [5, 5.41) is 9.75. The van der Waals surface area contributed by atoms with Crippen LogP contribution in [-0.2, 0) is 5.41 Å². The molecule has 2 nitrogen and oxygen atoms in total. The van der Waals surface area contributed by atoms with E-state index in [2.05, 4.69) is 22.0 Å². The van der Waals surface area contributed by atoms with Gasteiger partial charge in [-0.3, -0.25) is 0 Å². The highest BCUT2D eigenvalue weighted by Crippen LogP contribution is 2.52. The molecule has 2 rings (SSSR count). The molecule has 4 heteroatoms.